The van der Waals surface area contributed by atoms with Crippen molar-refractivity contribution in [1.29, 1.82) is 0 Å². The van der Waals surface area contributed by atoms with E-state index < -0.39 is 0 Å². The molecule has 2 aromatic carbocycles. The molecule has 1 amide bonds. The number of halogens is 1. The number of aromatic nitrogens is 3. The Labute approximate surface area is 178 Å². The van der Waals surface area contributed by atoms with Gasteiger partial charge in [-0.1, -0.05) is 42.1 Å². The highest BCUT2D eigenvalue weighted by Gasteiger charge is 2.16. The maximum Gasteiger partial charge on any atom is 0.244 e. The number of fused-ring (bicyclic) bond motifs is 1. The van der Waals surface area contributed by atoms with Gasteiger partial charge in [-0.25, -0.2) is 14.4 Å². The standard InChI is InChI=1S/C23H21FN4OS/c1-15-9-10-16(2)20(12-15)26-21(29)13-28-22-19(8-5-11-25-22)27-23(28)30-14-17-6-3-4-7-18(17)24/h3-12H,13-14H2,1-2H3,(H,26,29). The molecule has 0 radical (unpaired) electrons. The number of amides is 1. The fourth-order valence-corrected chi connectivity index (χ4v) is 4.14. The average molecular weight is 421 g/mol. The molecule has 0 atom stereocenters. The molecule has 7 heteroatoms. The van der Waals surface area contributed by atoms with E-state index in [2.05, 4.69) is 15.3 Å². The maximum absolute atomic E-state index is 14.0. The summed E-state index contributed by atoms with van der Waals surface area (Å²) in [5.41, 5.74) is 4.79. The second-order valence-electron chi connectivity index (χ2n) is 7.07. The highest BCUT2D eigenvalue weighted by atomic mass is 32.2. The van der Waals surface area contributed by atoms with Crippen LogP contribution >= 0.6 is 11.8 Å². The number of hydrogen-bond acceptors (Lipinski definition) is 4. The SMILES string of the molecule is Cc1ccc(C)c(NC(=O)Cn2c(SCc3ccccc3F)nc3cccnc32)c1. The van der Waals surface area contributed by atoms with Gasteiger partial charge in [-0.15, -0.1) is 0 Å². The summed E-state index contributed by atoms with van der Waals surface area (Å²) in [6.07, 6.45) is 1.68. The summed E-state index contributed by atoms with van der Waals surface area (Å²) >= 11 is 1.39. The molecule has 30 heavy (non-hydrogen) atoms. The highest BCUT2D eigenvalue weighted by molar-refractivity contribution is 7.98. The van der Waals surface area contributed by atoms with Crippen LogP contribution in [0, 0.1) is 19.7 Å². The number of carbonyl (C=O) groups is 1. The second kappa shape index (κ2) is 8.67. The second-order valence-corrected chi connectivity index (χ2v) is 8.02. The summed E-state index contributed by atoms with van der Waals surface area (Å²) in [7, 11) is 0. The number of aryl methyl sites for hydroxylation is 2. The van der Waals surface area contributed by atoms with Crippen LogP contribution in [0.3, 0.4) is 0 Å². The van der Waals surface area contributed by atoms with E-state index in [1.54, 1.807) is 35.0 Å². The summed E-state index contributed by atoms with van der Waals surface area (Å²) in [6.45, 7) is 4.01. The fraction of sp³-hybridized carbons (Fsp3) is 0.174. The Morgan fingerprint density at radius 1 is 1.13 bits per heavy atom. The van der Waals surface area contributed by atoms with E-state index in [1.165, 1.54) is 17.8 Å². The van der Waals surface area contributed by atoms with Gasteiger partial charge >= 0.3 is 0 Å². The van der Waals surface area contributed by atoms with Gasteiger partial charge in [0.15, 0.2) is 10.8 Å². The first kappa shape index (κ1) is 20.1. The third-order valence-corrected chi connectivity index (χ3v) is 5.78. The summed E-state index contributed by atoms with van der Waals surface area (Å²) in [4.78, 5) is 21.8. The van der Waals surface area contributed by atoms with E-state index >= 15 is 0 Å². The highest BCUT2D eigenvalue weighted by Crippen LogP contribution is 2.27. The van der Waals surface area contributed by atoms with Crippen LogP contribution in [0.2, 0.25) is 0 Å². The Kier molecular flexibility index (Phi) is 5.81. The summed E-state index contributed by atoms with van der Waals surface area (Å²) in [5.74, 6) is -0.00550. The van der Waals surface area contributed by atoms with Gasteiger partial charge in [0, 0.05) is 17.6 Å². The topological polar surface area (TPSA) is 59.8 Å². The molecule has 0 aliphatic heterocycles. The van der Waals surface area contributed by atoms with Crippen molar-refractivity contribution in [3.8, 4) is 0 Å². The fourth-order valence-electron chi connectivity index (χ4n) is 3.15. The Bertz CT molecular complexity index is 1220. The third kappa shape index (κ3) is 4.36. The van der Waals surface area contributed by atoms with Crippen molar-refractivity contribution in [3.63, 3.8) is 0 Å². The molecule has 0 aliphatic carbocycles. The van der Waals surface area contributed by atoms with Gasteiger partial charge in [0.25, 0.3) is 0 Å². The van der Waals surface area contributed by atoms with Crippen LogP contribution in [-0.4, -0.2) is 20.4 Å². The molecule has 0 bridgehead atoms. The van der Waals surface area contributed by atoms with E-state index in [-0.39, 0.29) is 18.3 Å². The first-order valence-electron chi connectivity index (χ1n) is 9.56. The van der Waals surface area contributed by atoms with Gasteiger partial charge in [-0.05, 0) is 54.8 Å². The van der Waals surface area contributed by atoms with Crippen molar-refractivity contribution in [3.05, 3.63) is 83.3 Å². The lowest BCUT2D eigenvalue weighted by molar-refractivity contribution is -0.116. The minimum absolute atomic E-state index is 0.0699. The van der Waals surface area contributed by atoms with Crippen LogP contribution in [0.15, 0.2) is 66.0 Å². The molecule has 0 spiro atoms. The molecule has 0 aliphatic rings. The molecule has 0 fully saturated rings. The van der Waals surface area contributed by atoms with Crippen LogP contribution in [0.25, 0.3) is 11.2 Å². The predicted molar refractivity (Wildman–Crippen MR) is 118 cm³/mol. The van der Waals surface area contributed by atoms with Crippen LogP contribution in [0.1, 0.15) is 16.7 Å². The molecule has 0 saturated heterocycles. The average Bonchev–Trinajstić information content (AvgIpc) is 3.07. The number of thioether (sulfide) groups is 1. The van der Waals surface area contributed by atoms with Gasteiger partial charge in [-0.2, -0.15) is 0 Å². The van der Waals surface area contributed by atoms with Crippen molar-refractivity contribution in [2.45, 2.75) is 31.3 Å². The molecule has 152 valence electrons. The van der Waals surface area contributed by atoms with Crippen LogP contribution < -0.4 is 5.32 Å². The molecule has 2 heterocycles. The molecular weight excluding hydrogens is 399 g/mol. The van der Waals surface area contributed by atoms with E-state index in [9.17, 15) is 9.18 Å². The van der Waals surface area contributed by atoms with Gasteiger partial charge in [0.2, 0.25) is 5.91 Å². The molecular formula is C23H21FN4OS. The molecule has 0 saturated carbocycles. The number of pyridine rings is 1. The number of benzene rings is 2. The number of imidazole rings is 1. The van der Waals surface area contributed by atoms with Gasteiger partial charge in [0.05, 0.1) is 0 Å². The molecule has 4 aromatic rings. The van der Waals surface area contributed by atoms with Crippen LogP contribution in [-0.2, 0) is 17.1 Å². The van der Waals surface area contributed by atoms with Crippen molar-refractivity contribution >= 4 is 34.5 Å². The lowest BCUT2D eigenvalue weighted by Crippen LogP contribution is -2.20. The van der Waals surface area contributed by atoms with E-state index in [0.717, 1.165) is 16.8 Å². The molecule has 2 aromatic heterocycles. The van der Waals surface area contributed by atoms with E-state index in [0.29, 0.717) is 27.6 Å². The molecule has 4 rings (SSSR count). The zero-order valence-electron chi connectivity index (χ0n) is 16.7. The molecule has 0 unspecified atom stereocenters. The Morgan fingerprint density at radius 3 is 2.80 bits per heavy atom. The number of nitrogens with zero attached hydrogens (tertiary/aromatic N) is 3. The first-order valence-corrected chi connectivity index (χ1v) is 10.5. The van der Waals surface area contributed by atoms with Crippen molar-refractivity contribution in [2.24, 2.45) is 0 Å². The van der Waals surface area contributed by atoms with Gasteiger partial charge in [0.1, 0.15) is 17.9 Å². The number of hydrogen-bond donors (Lipinski definition) is 1. The van der Waals surface area contributed by atoms with Gasteiger partial charge in [-0.3, -0.25) is 9.36 Å². The summed E-state index contributed by atoms with van der Waals surface area (Å²) in [5, 5.41) is 3.61. The van der Waals surface area contributed by atoms with Crippen LogP contribution in [0.4, 0.5) is 10.1 Å². The Hall–Kier alpha value is -3.19. The normalized spacial score (nSPS) is 11.0. The van der Waals surface area contributed by atoms with Crippen LogP contribution in [0.5, 0.6) is 0 Å². The molecule has 5 nitrogen and oxygen atoms in total. The predicted octanol–water partition coefficient (Wildman–Crippen LogP) is 5.12. The summed E-state index contributed by atoms with van der Waals surface area (Å²) in [6, 6.07) is 16.3. The number of carbonyl (C=O) groups excluding carboxylic acids is 1. The van der Waals surface area contributed by atoms with E-state index in [1.807, 2.05) is 38.1 Å². The molecule has 1 N–H and O–H groups in total. The van der Waals surface area contributed by atoms with Crippen molar-refractivity contribution < 1.29 is 9.18 Å². The Morgan fingerprint density at radius 2 is 1.97 bits per heavy atom. The smallest absolute Gasteiger partial charge is 0.244 e. The zero-order chi connectivity index (χ0) is 21.1. The number of rotatable bonds is 6. The minimum atomic E-state index is -0.251. The monoisotopic (exact) mass is 420 g/mol. The number of anilines is 1. The minimum Gasteiger partial charge on any atom is -0.324 e. The summed E-state index contributed by atoms with van der Waals surface area (Å²) < 4.78 is 15.8. The lowest BCUT2D eigenvalue weighted by atomic mass is 10.1. The van der Waals surface area contributed by atoms with Crippen molar-refractivity contribution in [2.75, 3.05) is 5.32 Å². The maximum atomic E-state index is 14.0. The third-order valence-electron chi connectivity index (χ3n) is 4.75. The van der Waals surface area contributed by atoms with Crippen molar-refractivity contribution in [1.82, 2.24) is 14.5 Å². The largest absolute Gasteiger partial charge is 0.324 e. The Balaban J connectivity index is 1.59. The quantitative estimate of drug-likeness (QED) is 0.440. The number of nitrogens with one attached hydrogen (secondary N) is 1. The lowest BCUT2D eigenvalue weighted by Gasteiger charge is -2.12. The van der Waals surface area contributed by atoms with E-state index in [4.69, 9.17) is 0 Å². The first-order chi connectivity index (χ1) is 14.5. The van der Waals surface area contributed by atoms with Gasteiger partial charge < -0.3 is 5.32 Å². The zero-order valence-corrected chi connectivity index (χ0v) is 17.5.